The number of benzene rings is 4. The van der Waals surface area contributed by atoms with E-state index in [9.17, 15) is 46.6 Å². The van der Waals surface area contributed by atoms with Gasteiger partial charge in [-0.3, -0.25) is 20.2 Å². The molecule has 0 aromatic heterocycles. The van der Waals surface area contributed by atoms with Gasteiger partial charge in [0.2, 0.25) is 0 Å². The summed E-state index contributed by atoms with van der Waals surface area (Å²) in [5.74, 6) is -1.12. The van der Waals surface area contributed by atoms with Crippen molar-refractivity contribution in [3.63, 3.8) is 0 Å². The monoisotopic (exact) mass is 606 g/mol. The molecule has 0 radical (unpaired) electrons. The van der Waals surface area contributed by atoms with Crippen LogP contribution in [0, 0.1) is 20.2 Å². The average Bonchev–Trinajstić information content (AvgIpc) is 2.92. The van der Waals surface area contributed by atoms with Gasteiger partial charge in [-0.25, -0.2) is 0 Å². The lowest BCUT2D eigenvalue weighted by Crippen LogP contribution is -2.18. The molecule has 8 nitrogen and oxygen atoms in total. The average molecular weight is 606 g/mol. The third kappa shape index (κ3) is 6.85. The summed E-state index contributed by atoms with van der Waals surface area (Å²) in [6.07, 6.45) is -9.79. The van der Waals surface area contributed by atoms with Crippen LogP contribution in [0.25, 0.3) is 0 Å². The van der Waals surface area contributed by atoms with E-state index in [1.165, 1.54) is 24.3 Å². The summed E-state index contributed by atoms with van der Waals surface area (Å²) >= 11 is 0. The normalized spacial score (nSPS) is 12.1. The van der Waals surface area contributed by atoms with Gasteiger partial charge in [-0.15, -0.1) is 0 Å². The number of rotatable bonds is 8. The minimum absolute atomic E-state index is 0.0474. The van der Waals surface area contributed by atoms with Gasteiger partial charge in [0.25, 0.3) is 11.4 Å². The van der Waals surface area contributed by atoms with Crippen LogP contribution in [-0.2, 0) is 17.8 Å². The molecule has 14 heteroatoms. The van der Waals surface area contributed by atoms with E-state index < -0.39 is 61.6 Å². The maximum Gasteiger partial charge on any atom is 0.420 e. The molecule has 4 aromatic rings. The lowest BCUT2D eigenvalue weighted by molar-refractivity contribution is -0.385. The molecule has 0 spiro atoms. The summed E-state index contributed by atoms with van der Waals surface area (Å²) in [4.78, 5) is 19.9. The number of nitrogens with zero attached hydrogens (tertiary/aromatic N) is 2. The zero-order chi connectivity index (χ0) is 31.7. The summed E-state index contributed by atoms with van der Waals surface area (Å²) in [6.45, 7) is 3.68. The molecule has 0 N–H and O–H groups in total. The van der Waals surface area contributed by atoms with Crippen molar-refractivity contribution >= 4 is 11.4 Å². The molecule has 224 valence electrons. The fourth-order valence-corrected chi connectivity index (χ4v) is 4.18. The third-order valence-electron chi connectivity index (χ3n) is 6.57. The van der Waals surface area contributed by atoms with Gasteiger partial charge < -0.3 is 9.47 Å². The van der Waals surface area contributed by atoms with Crippen LogP contribution in [0.3, 0.4) is 0 Å². The second-order valence-electron chi connectivity index (χ2n) is 9.75. The number of non-ortho nitro benzene ring substituents is 2. The highest BCUT2D eigenvalue weighted by Crippen LogP contribution is 2.42. The van der Waals surface area contributed by atoms with Crippen LogP contribution in [0.1, 0.15) is 36.1 Å². The van der Waals surface area contributed by atoms with Crippen molar-refractivity contribution < 1.29 is 45.7 Å². The maximum atomic E-state index is 13.5. The Labute approximate surface area is 239 Å². The molecule has 0 aliphatic heterocycles. The first-order chi connectivity index (χ1) is 20.0. The second kappa shape index (κ2) is 11.3. The van der Waals surface area contributed by atoms with Gasteiger partial charge in [-0.1, -0.05) is 38.1 Å². The Bertz CT molecular complexity index is 1540. The molecule has 43 heavy (non-hydrogen) atoms. The highest BCUT2D eigenvalue weighted by atomic mass is 19.4. The van der Waals surface area contributed by atoms with Gasteiger partial charge >= 0.3 is 12.4 Å². The molecule has 0 bridgehead atoms. The maximum absolute atomic E-state index is 13.5. The minimum Gasteiger partial charge on any atom is -0.457 e. The Kier molecular flexibility index (Phi) is 8.07. The van der Waals surface area contributed by atoms with E-state index >= 15 is 0 Å². The SMILES string of the molecule is CC(C)(c1ccc(Oc2ccc([N+](=O)[O-])cc2C(F)(F)F)cc1)c1ccc(Oc2ccc([N+](=O)[O-])cc2C(F)(F)F)cc1. The molecule has 0 saturated carbocycles. The van der Waals surface area contributed by atoms with Gasteiger partial charge in [0.15, 0.2) is 0 Å². The van der Waals surface area contributed by atoms with Crippen molar-refractivity contribution in [3.8, 4) is 23.0 Å². The zero-order valence-corrected chi connectivity index (χ0v) is 22.2. The van der Waals surface area contributed by atoms with Crippen molar-refractivity contribution in [2.45, 2.75) is 31.6 Å². The van der Waals surface area contributed by atoms with Gasteiger partial charge in [0, 0.05) is 29.7 Å². The highest BCUT2D eigenvalue weighted by Gasteiger charge is 2.37. The first-order valence-electron chi connectivity index (χ1n) is 12.2. The van der Waals surface area contributed by atoms with Gasteiger partial charge in [-0.05, 0) is 47.5 Å². The first-order valence-corrected chi connectivity index (χ1v) is 12.2. The summed E-state index contributed by atoms with van der Waals surface area (Å²) < 4.78 is 91.7. The van der Waals surface area contributed by atoms with Gasteiger partial charge in [0.1, 0.15) is 34.1 Å². The van der Waals surface area contributed by atoms with Crippen LogP contribution in [0.5, 0.6) is 23.0 Å². The van der Waals surface area contributed by atoms with Crippen LogP contribution in [0.2, 0.25) is 0 Å². The largest absolute Gasteiger partial charge is 0.457 e. The lowest BCUT2D eigenvalue weighted by atomic mass is 9.78. The molecule has 4 aromatic carbocycles. The summed E-state index contributed by atoms with van der Waals surface area (Å²) in [6, 6.07) is 16.5. The second-order valence-corrected chi connectivity index (χ2v) is 9.75. The molecule has 0 heterocycles. The number of alkyl halides is 6. The standard InChI is InChI=1S/C29H20F6N2O6/c1-27(2,17-3-9-21(10-4-17)42-25-13-7-19(36(38)39)15-23(25)28(30,31)32)18-5-11-22(12-6-18)43-26-14-8-20(37(40)41)16-24(26)29(33,34)35/h3-16H,1-2H3. The number of nitro benzene ring substituents is 2. The molecule has 0 aliphatic carbocycles. The molecule has 0 fully saturated rings. The van der Waals surface area contributed by atoms with E-state index in [1.807, 2.05) is 13.8 Å². The molecule has 0 unspecified atom stereocenters. The zero-order valence-electron chi connectivity index (χ0n) is 22.2. The minimum atomic E-state index is -4.90. The topological polar surface area (TPSA) is 105 Å². The van der Waals surface area contributed by atoms with Crippen molar-refractivity contribution in [1.29, 1.82) is 0 Å². The smallest absolute Gasteiger partial charge is 0.420 e. The van der Waals surface area contributed by atoms with Crippen LogP contribution < -0.4 is 9.47 Å². The molecule has 0 amide bonds. The third-order valence-corrected chi connectivity index (χ3v) is 6.57. The summed E-state index contributed by atoms with van der Waals surface area (Å²) in [5.41, 5.74) is -3.34. The Balaban J connectivity index is 1.54. The van der Waals surface area contributed by atoms with E-state index in [-0.39, 0.29) is 11.5 Å². The fourth-order valence-electron chi connectivity index (χ4n) is 4.18. The first kappa shape index (κ1) is 30.8. The van der Waals surface area contributed by atoms with Crippen LogP contribution in [0.15, 0.2) is 84.9 Å². The van der Waals surface area contributed by atoms with Crippen molar-refractivity contribution in [1.82, 2.24) is 0 Å². The molecule has 0 aliphatic rings. The number of hydrogen-bond donors (Lipinski definition) is 0. The summed E-state index contributed by atoms with van der Waals surface area (Å²) in [5, 5.41) is 21.8. The summed E-state index contributed by atoms with van der Waals surface area (Å²) in [7, 11) is 0. The van der Waals surface area contributed by atoms with Crippen LogP contribution >= 0.6 is 0 Å². The Hall–Kier alpha value is -5.14. The Morgan fingerprint density at radius 1 is 0.558 bits per heavy atom. The lowest BCUT2D eigenvalue weighted by Gasteiger charge is -2.26. The van der Waals surface area contributed by atoms with Crippen LogP contribution in [0.4, 0.5) is 37.7 Å². The van der Waals surface area contributed by atoms with Crippen molar-refractivity contribution in [2.75, 3.05) is 0 Å². The molecule has 0 saturated heterocycles. The van der Waals surface area contributed by atoms with Crippen molar-refractivity contribution in [3.05, 3.63) is 127 Å². The number of ether oxygens (including phenoxy) is 2. The quantitative estimate of drug-likeness (QED) is 0.112. The van der Waals surface area contributed by atoms with Crippen molar-refractivity contribution in [2.24, 2.45) is 0 Å². The van der Waals surface area contributed by atoms with E-state index in [4.69, 9.17) is 9.47 Å². The van der Waals surface area contributed by atoms with E-state index in [0.717, 1.165) is 24.3 Å². The van der Waals surface area contributed by atoms with Gasteiger partial charge in [-0.2, -0.15) is 26.3 Å². The van der Waals surface area contributed by atoms with Gasteiger partial charge in [0.05, 0.1) is 9.85 Å². The fraction of sp³-hybridized carbons (Fsp3) is 0.172. The molecule has 0 atom stereocenters. The number of hydrogen-bond acceptors (Lipinski definition) is 6. The predicted octanol–water partition coefficient (Wildman–Crippen LogP) is 9.45. The number of halogens is 6. The van der Waals surface area contributed by atoms with E-state index in [1.54, 1.807) is 24.3 Å². The van der Waals surface area contributed by atoms with E-state index in [0.29, 0.717) is 23.3 Å². The molecule has 4 rings (SSSR count). The number of nitro groups is 2. The Morgan fingerprint density at radius 3 is 1.16 bits per heavy atom. The van der Waals surface area contributed by atoms with E-state index in [2.05, 4.69) is 0 Å². The highest BCUT2D eigenvalue weighted by molar-refractivity contribution is 5.50. The predicted molar refractivity (Wildman–Crippen MR) is 141 cm³/mol. The molecular formula is C29H20F6N2O6. The van der Waals surface area contributed by atoms with Crippen LogP contribution in [-0.4, -0.2) is 9.85 Å². The molecular weight excluding hydrogens is 586 g/mol. The Morgan fingerprint density at radius 2 is 0.884 bits per heavy atom.